The van der Waals surface area contributed by atoms with Crippen LogP contribution in [0.25, 0.3) is 11.1 Å². The van der Waals surface area contributed by atoms with Gasteiger partial charge >= 0.3 is 12.1 Å². The number of halogens is 1. The molecule has 3 atom stereocenters. The maximum atomic E-state index is 15.1. The zero-order chi connectivity index (χ0) is 28.2. The molecule has 1 aromatic carbocycles. The number of ether oxygens (including phenoxy) is 1. The van der Waals surface area contributed by atoms with Crippen molar-refractivity contribution in [3.05, 3.63) is 60.4 Å². The molecule has 2 amide bonds. The van der Waals surface area contributed by atoms with Crippen molar-refractivity contribution in [2.24, 2.45) is 10.9 Å². The first kappa shape index (κ1) is 26.7. The van der Waals surface area contributed by atoms with E-state index in [0.29, 0.717) is 41.2 Å². The lowest BCUT2D eigenvalue weighted by Crippen LogP contribution is -2.43. The van der Waals surface area contributed by atoms with Gasteiger partial charge < -0.3 is 25.7 Å². The Bertz CT molecular complexity index is 1430. The van der Waals surface area contributed by atoms with Crippen molar-refractivity contribution in [3.8, 4) is 11.1 Å². The largest absolute Gasteiger partial charge is 0.480 e. The van der Waals surface area contributed by atoms with E-state index in [1.54, 1.807) is 35.1 Å². The minimum atomic E-state index is -1.19. The number of rotatable bonds is 11. The van der Waals surface area contributed by atoms with Gasteiger partial charge in [-0.3, -0.25) is 19.5 Å². The average molecular weight is 553 g/mol. The molecule has 2 aromatic heterocycles. The summed E-state index contributed by atoms with van der Waals surface area (Å²) in [6, 6.07) is 6.74. The second kappa shape index (κ2) is 11.4. The summed E-state index contributed by atoms with van der Waals surface area (Å²) in [6.45, 7) is 0.724. The van der Waals surface area contributed by atoms with Crippen LogP contribution in [0.3, 0.4) is 0 Å². The van der Waals surface area contributed by atoms with E-state index in [0.717, 1.165) is 0 Å². The second-order valence-electron chi connectivity index (χ2n) is 9.28. The first-order valence-corrected chi connectivity index (χ1v) is 12.3. The molecule has 40 heavy (non-hydrogen) atoms. The van der Waals surface area contributed by atoms with Crippen LogP contribution in [-0.2, 0) is 25.7 Å². The number of cyclic esters (lactones) is 1. The molecule has 5 rings (SSSR count). The molecule has 0 aliphatic carbocycles. The van der Waals surface area contributed by atoms with Crippen molar-refractivity contribution >= 4 is 29.4 Å². The number of carbonyl (C=O) groups is 3. The number of carbonyl (C=O) groups excluding carboxylic acids is 2. The van der Waals surface area contributed by atoms with Gasteiger partial charge in [-0.05, 0) is 24.3 Å². The molecule has 1 saturated heterocycles. The molecule has 0 unspecified atom stereocenters. The van der Waals surface area contributed by atoms with Crippen LogP contribution in [-0.4, -0.2) is 80.1 Å². The highest BCUT2D eigenvalue weighted by atomic mass is 19.1. The summed E-state index contributed by atoms with van der Waals surface area (Å²) in [5.74, 6) is -2.45. The lowest BCUT2D eigenvalue weighted by Gasteiger charge is -2.15. The van der Waals surface area contributed by atoms with Gasteiger partial charge in [0.2, 0.25) is 5.91 Å². The molecule has 14 nitrogen and oxygen atoms in total. The third-order valence-corrected chi connectivity index (χ3v) is 6.40. The van der Waals surface area contributed by atoms with Gasteiger partial charge in [-0.15, -0.1) is 5.10 Å². The Morgan fingerprint density at radius 3 is 2.77 bits per heavy atom. The highest BCUT2D eigenvalue weighted by molar-refractivity contribution is 5.99. The number of hydrogen-bond donors (Lipinski definition) is 3. The van der Waals surface area contributed by atoms with E-state index in [9.17, 15) is 19.5 Å². The number of benzene rings is 1. The monoisotopic (exact) mass is 552 g/mol. The highest BCUT2D eigenvalue weighted by Gasteiger charge is 2.33. The predicted octanol–water partition coefficient (Wildman–Crippen LogP) is 0.916. The van der Waals surface area contributed by atoms with Crippen LogP contribution in [0.4, 0.5) is 14.9 Å². The van der Waals surface area contributed by atoms with Gasteiger partial charge in [0.05, 0.1) is 37.1 Å². The van der Waals surface area contributed by atoms with E-state index in [1.807, 2.05) is 0 Å². The van der Waals surface area contributed by atoms with Crippen LogP contribution in [0.2, 0.25) is 0 Å². The van der Waals surface area contributed by atoms with Crippen LogP contribution in [0.15, 0.2) is 54.1 Å². The Labute approximate surface area is 226 Å². The molecule has 2 aliphatic heterocycles. The smallest absolute Gasteiger partial charge is 0.414 e. The van der Waals surface area contributed by atoms with Crippen molar-refractivity contribution in [2.75, 3.05) is 18.0 Å². The van der Waals surface area contributed by atoms with E-state index in [4.69, 9.17) is 15.3 Å². The summed E-state index contributed by atoms with van der Waals surface area (Å²) < 4.78 is 22.0. The fourth-order valence-corrected chi connectivity index (χ4v) is 4.41. The van der Waals surface area contributed by atoms with Crippen molar-refractivity contribution in [2.45, 2.75) is 37.6 Å². The van der Waals surface area contributed by atoms with Crippen LogP contribution in [0.5, 0.6) is 0 Å². The molecule has 2 aliphatic rings. The number of pyridine rings is 1. The Morgan fingerprint density at radius 2 is 2.10 bits per heavy atom. The van der Waals surface area contributed by atoms with E-state index in [-0.39, 0.29) is 19.5 Å². The Morgan fingerprint density at radius 1 is 1.25 bits per heavy atom. The minimum Gasteiger partial charge on any atom is -0.480 e. The Balaban J connectivity index is 1.19. The van der Waals surface area contributed by atoms with E-state index < -0.39 is 42.0 Å². The summed E-state index contributed by atoms with van der Waals surface area (Å²) in [6.07, 6.45) is 3.25. The van der Waals surface area contributed by atoms with Crippen LogP contribution >= 0.6 is 0 Å². The number of anilines is 1. The molecule has 0 spiro atoms. The third-order valence-electron chi connectivity index (χ3n) is 6.40. The van der Waals surface area contributed by atoms with Gasteiger partial charge in [-0.25, -0.2) is 13.9 Å². The number of primary amides is 1. The Kier molecular flexibility index (Phi) is 7.63. The van der Waals surface area contributed by atoms with Crippen molar-refractivity contribution in [1.82, 2.24) is 25.3 Å². The fraction of sp³-hybridized carbons (Fsp3) is 0.320. The SMILES string of the molecule is NC(=O)C[C@H](NC[C@@H]1CC(c2ccc(-c3ccc(N4C[C@H](Cn5ccnn5)OC4=O)cc3F)cn2)=NO1)C(=O)O. The molecule has 4 heterocycles. The average Bonchev–Trinajstić information content (AvgIpc) is 3.68. The summed E-state index contributed by atoms with van der Waals surface area (Å²) in [5, 5.41) is 23.6. The van der Waals surface area contributed by atoms with Crippen molar-refractivity contribution < 1.29 is 33.5 Å². The number of hydrogen-bond acceptors (Lipinski definition) is 10. The third kappa shape index (κ3) is 6.04. The summed E-state index contributed by atoms with van der Waals surface area (Å²) >= 11 is 0. The van der Waals surface area contributed by atoms with E-state index >= 15 is 4.39 Å². The zero-order valence-electron chi connectivity index (χ0n) is 21.0. The topological polar surface area (TPSA) is 187 Å². The van der Waals surface area contributed by atoms with Crippen molar-refractivity contribution in [1.29, 1.82) is 0 Å². The summed E-state index contributed by atoms with van der Waals surface area (Å²) in [7, 11) is 0. The number of nitrogens with two attached hydrogens (primary N) is 1. The highest BCUT2D eigenvalue weighted by Crippen LogP contribution is 2.29. The number of nitrogens with zero attached hydrogens (tertiary/aromatic N) is 6. The number of amides is 2. The maximum absolute atomic E-state index is 15.1. The molecule has 4 N–H and O–H groups in total. The number of aliphatic carboxylic acids is 1. The molecule has 0 radical (unpaired) electrons. The lowest BCUT2D eigenvalue weighted by atomic mass is 10.0. The van der Waals surface area contributed by atoms with E-state index in [2.05, 4.69) is 25.8 Å². The van der Waals surface area contributed by atoms with Gasteiger partial charge in [-0.2, -0.15) is 0 Å². The molecule has 208 valence electrons. The number of carboxylic acids is 1. The number of nitrogens with one attached hydrogen (secondary N) is 1. The van der Waals surface area contributed by atoms with Crippen molar-refractivity contribution in [3.63, 3.8) is 0 Å². The summed E-state index contributed by atoms with van der Waals surface area (Å²) in [4.78, 5) is 45.8. The molecule has 0 bridgehead atoms. The molecule has 15 heteroatoms. The van der Waals surface area contributed by atoms with Gasteiger partial charge in [-0.1, -0.05) is 16.4 Å². The first-order valence-electron chi connectivity index (χ1n) is 12.3. The van der Waals surface area contributed by atoms with Gasteiger partial charge in [0.15, 0.2) is 0 Å². The maximum Gasteiger partial charge on any atom is 0.414 e. The predicted molar refractivity (Wildman–Crippen MR) is 137 cm³/mol. The molecular weight excluding hydrogens is 527 g/mol. The lowest BCUT2D eigenvalue weighted by molar-refractivity contribution is -0.141. The van der Waals surface area contributed by atoms with Gasteiger partial charge in [0.1, 0.15) is 29.8 Å². The molecule has 1 fully saturated rings. The zero-order valence-corrected chi connectivity index (χ0v) is 21.0. The molecule has 0 saturated carbocycles. The molecule has 3 aromatic rings. The standard InChI is InChI=1S/C25H25FN8O6/c26-19-7-15(34-13-17(39-25(34)38)12-33-6-5-30-32-33)2-3-18(19)14-1-4-20(28-10-14)21-8-16(40-31-21)11-29-22(24(36)37)9-23(27)35/h1-7,10,16-17,22,29H,8-9,11-13H2,(H2,27,35)(H,36,37)/t16-,17-,22-/m0/s1. The quantitative estimate of drug-likeness (QED) is 0.309. The van der Waals surface area contributed by atoms with Crippen LogP contribution in [0.1, 0.15) is 18.5 Å². The number of oxime groups is 1. The van der Waals surface area contributed by atoms with Gasteiger partial charge in [0, 0.05) is 36.5 Å². The minimum absolute atomic E-state index is 0.138. The number of carboxylic acid groups (broad SMARTS) is 1. The van der Waals surface area contributed by atoms with Crippen LogP contribution in [0, 0.1) is 5.82 Å². The number of aromatic nitrogens is 4. The first-order chi connectivity index (χ1) is 19.3. The van der Waals surface area contributed by atoms with Gasteiger partial charge in [0.25, 0.3) is 0 Å². The van der Waals surface area contributed by atoms with E-state index in [1.165, 1.54) is 23.4 Å². The Hall–Kier alpha value is -4.92. The van der Waals surface area contributed by atoms with Crippen LogP contribution < -0.4 is 16.0 Å². The second-order valence-corrected chi connectivity index (χ2v) is 9.28. The normalized spacial score (nSPS) is 19.2. The fourth-order valence-electron chi connectivity index (χ4n) is 4.41. The summed E-state index contributed by atoms with van der Waals surface area (Å²) in [5.41, 5.74) is 7.35. The molecular formula is C25H25FN8O6.